The van der Waals surface area contributed by atoms with Gasteiger partial charge in [-0.15, -0.1) is 0 Å². The fourth-order valence-corrected chi connectivity index (χ4v) is 3.31. The molecule has 0 spiro atoms. The summed E-state index contributed by atoms with van der Waals surface area (Å²) in [4.78, 5) is 14.7. The van der Waals surface area contributed by atoms with Gasteiger partial charge in [-0.25, -0.2) is 0 Å². The van der Waals surface area contributed by atoms with Crippen LogP contribution in [0.15, 0.2) is 18.2 Å². The van der Waals surface area contributed by atoms with Crippen LogP contribution in [0.3, 0.4) is 0 Å². The highest BCUT2D eigenvalue weighted by Gasteiger charge is 2.20. The molecule has 1 unspecified atom stereocenters. The van der Waals surface area contributed by atoms with E-state index in [1.54, 1.807) is 0 Å². The van der Waals surface area contributed by atoms with Crippen LogP contribution in [0, 0.1) is 5.92 Å². The third-order valence-corrected chi connectivity index (χ3v) is 5.01. The molecule has 0 aliphatic carbocycles. The van der Waals surface area contributed by atoms with Gasteiger partial charge in [0.05, 0.1) is 6.42 Å². The number of rotatable bonds is 5. The van der Waals surface area contributed by atoms with Crippen molar-refractivity contribution in [2.45, 2.75) is 39.2 Å². The normalized spacial score (nSPS) is 19.8. The van der Waals surface area contributed by atoms with E-state index in [-0.39, 0.29) is 5.91 Å². The van der Waals surface area contributed by atoms with Gasteiger partial charge in [0.2, 0.25) is 5.91 Å². The number of ether oxygens (including phenoxy) is 2. The molecule has 1 saturated heterocycles. The Morgan fingerprint density at radius 2 is 1.96 bits per heavy atom. The molecule has 5 nitrogen and oxygen atoms in total. The van der Waals surface area contributed by atoms with E-state index in [0.717, 1.165) is 36.1 Å². The quantitative estimate of drug-likeness (QED) is 0.898. The van der Waals surface area contributed by atoms with Crippen LogP contribution in [0.5, 0.6) is 11.5 Å². The van der Waals surface area contributed by atoms with E-state index in [0.29, 0.717) is 32.2 Å². The Labute approximate surface area is 144 Å². The van der Waals surface area contributed by atoms with Gasteiger partial charge >= 0.3 is 0 Å². The number of nitrogens with zero attached hydrogens (tertiary/aromatic N) is 1. The largest absolute Gasteiger partial charge is 0.486 e. The fraction of sp³-hybridized carbons (Fsp3) is 0.632. The lowest BCUT2D eigenvalue weighted by molar-refractivity contribution is -0.120. The summed E-state index contributed by atoms with van der Waals surface area (Å²) in [5.74, 6) is 2.39. The van der Waals surface area contributed by atoms with E-state index in [2.05, 4.69) is 24.1 Å². The minimum absolute atomic E-state index is 0.0592. The van der Waals surface area contributed by atoms with Gasteiger partial charge in [0.25, 0.3) is 0 Å². The molecule has 2 aliphatic rings. The van der Waals surface area contributed by atoms with Crippen LogP contribution in [0.25, 0.3) is 0 Å². The first-order valence-electron chi connectivity index (χ1n) is 9.01. The number of carbonyl (C=O) groups excluding carboxylic acids is 1. The zero-order chi connectivity index (χ0) is 16.9. The topological polar surface area (TPSA) is 50.8 Å². The van der Waals surface area contributed by atoms with Gasteiger partial charge in [-0.1, -0.05) is 13.0 Å². The van der Waals surface area contributed by atoms with Crippen molar-refractivity contribution in [2.75, 3.05) is 32.8 Å². The molecule has 0 aromatic heterocycles. The lowest BCUT2D eigenvalue weighted by Crippen LogP contribution is -2.45. The molecule has 2 aliphatic heterocycles. The zero-order valence-electron chi connectivity index (χ0n) is 14.7. The van der Waals surface area contributed by atoms with E-state index in [9.17, 15) is 4.79 Å². The number of hydrogen-bond acceptors (Lipinski definition) is 4. The number of amides is 1. The van der Waals surface area contributed by atoms with Crippen molar-refractivity contribution in [3.05, 3.63) is 23.8 Å². The van der Waals surface area contributed by atoms with Gasteiger partial charge in [-0.3, -0.25) is 9.69 Å². The summed E-state index contributed by atoms with van der Waals surface area (Å²) in [5, 5.41) is 3.07. The van der Waals surface area contributed by atoms with Gasteiger partial charge in [-0.05, 0) is 56.5 Å². The first kappa shape index (κ1) is 17.1. The maximum atomic E-state index is 12.2. The third kappa shape index (κ3) is 4.41. The van der Waals surface area contributed by atoms with Crippen LogP contribution in [0.4, 0.5) is 0 Å². The number of benzene rings is 1. The molecule has 1 aromatic carbocycles. The summed E-state index contributed by atoms with van der Waals surface area (Å²) in [6.45, 7) is 8.64. The van der Waals surface area contributed by atoms with Crippen molar-refractivity contribution in [3.8, 4) is 11.5 Å². The number of hydrogen-bond donors (Lipinski definition) is 1. The second-order valence-corrected chi connectivity index (χ2v) is 7.03. The van der Waals surface area contributed by atoms with E-state index in [4.69, 9.17) is 9.47 Å². The van der Waals surface area contributed by atoms with Gasteiger partial charge in [0, 0.05) is 12.6 Å². The summed E-state index contributed by atoms with van der Waals surface area (Å²) in [6.07, 6.45) is 2.89. The molecular weight excluding hydrogens is 304 g/mol. The van der Waals surface area contributed by atoms with Gasteiger partial charge in [0.1, 0.15) is 13.2 Å². The first-order chi connectivity index (χ1) is 11.6. The number of carbonyl (C=O) groups is 1. The summed E-state index contributed by atoms with van der Waals surface area (Å²) in [6, 6.07) is 6.11. The Hall–Kier alpha value is -1.75. The number of piperidine rings is 1. The smallest absolute Gasteiger partial charge is 0.224 e. The van der Waals surface area contributed by atoms with Crippen molar-refractivity contribution in [2.24, 2.45) is 5.92 Å². The molecular formula is C19H28N2O3. The Bertz CT molecular complexity index is 568. The predicted octanol–water partition coefficient (Wildman–Crippen LogP) is 2.24. The molecule has 0 saturated carbocycles. The van der Waals surface area contributed by atoms with Gasteiger partial charge in [0.15, 0.2) is 11.5 Å². The average Bonchev–Trinajstić information content (AvgIpc) is 2.60. The van der Waals surface area contributed by atoms with E-state index in [1.165, 1.54) is 12.8 Å². The third-order valence-electron chi connectivity index (χ3n) is 5.01. The van der Waals surface area contributed by atoms with Crippen molar-refractivity contribution < 1.29 is 14.3 Å². The number of fused-ring (bicyclic) bond motifs is 1. The zero-order valence-corrected chi connectivity index (χ0v) is 14.7. The van der Waals surface area contributed by atoms with Crippen molar-refractivity contribution in [1.29, 1.82) is 0 Å². The highest BCUT2D eigenvalue weighted by Crippen LogP contribution is 2.30. The Kier molecular flexibility index (Phi) is 5.61. The second kappa shape index (κ2) is 7.88. The first-order valence-corrected chi connectivity index (χ1v) is 9.01. The molecule has 1 fully saturated rings. The van der Waals surface area contributed by atoms with E-state index < -0.39 is 0 Å². The summed E-state index contributed by atoms with van der Waals surface area (Å²) in [7, 11) is 0. The summed E-state index contributed by atoms with van der Waals surface area (Å²) in [5.41, 5.74) is 0.955. The molecule has 1 atom stereocenters. The molecule has 0 radical (unpaired) electrons. The lowest BCUT2D eigenvalue weighted by Gasteiger charge is -2.35. The highest BCUT2D eigenvalue weighted by molar-refractivity contribution is 5.78. The number of likely N-dealkylation sites (tertiary alicyclic amines) is 1. The van der Waals surface area contributed by atoms with Crippen molar-refractivity contribution in [3.63, 3.8) is 0 Å². The standard InChI is InChI=1S/C19H28N2O3/c1-14-5-7-21(8-6-14)15(2)13-20-19(22)12-16-3-4-17-18(11-16)24-10-9-23-17/h3-4,11,14-15H,5-10,12-13H2,1-2H3,(H,20,22). The van der Waals surface area contributed by atoms with Crippen LogP contribution in [-0.2, 0) is 11.2 Å². The minimum atomic E-state index is 0.0592. The van der Waals surface area contributed by atoms with E-state index in [1.807, 2.05) is 18.2 Å². The Morgan fingerprint density at radius 1 is 1.25 bits per heavy atom. The second-order valence-electron chi connectivity index (χ2n) is 7.03. The molecule has 2 heterocycles. The molecule has 0 bridgehead atoms. The SMILES string of the molecule is CC1CCN(C(C)CNC(=O)Cc2ccc3c(c2)OCCO3)CC1. The molecule has 1 amide bonds. The molecule has 132 valence electrons. The molecule has 24 heavy (non-hydrogen) atoms. The number of nitrogens with one attached hydrogen (secondary N) is 1. The molecule has 3 rings (SSSR count). The van der Waals surface area contributed by atoms with Crippen LogP contribution in [0.2, 0.25) is 0 Å². The van der Waals surface area contributed by atoms with Crippen LogP contribution in [0.1, 0.15) is 32.3 Å². The monoisotopic (exact) mass is 332 g/mol. The molecule has 5 heteroatoms. The summed E-state index contributed by atoms with van der Waals surface area (Å²) >= 11 is 0. The Balaban J connectivity index is 1.45. The Morgan fingerprint density at radius 3 is 2.71 bits per heavy atom. The lowest BCUT2D eigenvalue weighted by atomic mass is 9.98. The van der Waals surface area contributed by atoms with E-state index >= 15 is 0 Å². The maximum Gasteiger partial charge on any atom is 0.224 e. The van der Waals surface area contributed by atoms with Crippen molar-refractivity contribution >= 4 is 5.91 Å². The van der Waals surface area contributed by atoms with Crippen molar-refractivity contribution in [1.82, 2.24) is 10.2 Å². The van der Waals surface area contributed by atoms with Crippen LogP contribution in [-0.4, -0.2) is 49.7 Å². The highest BCUT2D eigenvalue weighted by atomic mass is 16.6. The van der Waals surface area contributed by atoms with Gasteiger partial charge in [-0.2, -0.15) is 0 Å². The molecule has 1 aromatic rings. The maximum absolute atomic E-state index is 12.2. The van der Waals surface area contributed by atoms with Crippen LogP contribution >= 0.6 is 0 Å². The fourth-order valence-electron chi connectivity index (χ4n) is 3.31. The van der Waals surface area contributed by atoms with Crippen LogP contribution < -0.4 is 14.8 Å². The minimum Gasteiger partial charge on any atom is -0.486 e. The molecule has 1 N–H and O–H groups in total. The summed E-state index contributed by atoms with van der Waals surface area (Å²) < 4.78 is 11.1. The predicted molar refractivity (Wildman–Crippen MR) is 93.6 cm³/mol. The van der Waals surface area contributed by atoms with Gasteiger partial charge < -0.3 is 14.8 Å². The average molecular weight is 332 g/mol.